The van der Waals surface area contributed by atoms with Crippen LogP contribution < -0.4 is 4.74 Å². The minimum atomic E-state index is -0.0506. The van der Waals surface area contributed by atoms with Crippen molar-refractivity contribution in [2.45, 2.75) is 32.7 Å². The summed E-state index contributed by atoms with van der Waals surface area (Å²) in [5.74, 6) is 0.792. The lowest BCUT2D eigenvalue weighted by molar-refractivity contribution is 0.0727. The zero-order valence-corrected chi connectivity index (χ0v) is 18.6. The van der Waals surface area contributed by atoms with Crippen LogP contribution in [0.5, 0.6) is 5.75 Å². The largest absolute Gasteiger partial charge is 0.497 e. The van der Waals surface area contributed by atoms with Gasteiger partial charge < -0.3 is 14.0 Å². The van der Waals surface area contributed by atoms with E-state index in [1.54, 1.807) is 7.11 Å². The maximum Gasteiger partial charge on any atom is 0.274 e. The number of pyridine rings is 2. The highest BCUT2D eigenvalue weighted by atomic mass is 16.5. The van der Waals surface area contributed by atoms with Gasteiger partial charge in [-0.1, -0.05) is 18.2 Å². The molecule has 0 N–H and O–H groups in total. The zero-order valence-electron chi connectivity index (χ0n) is 18.6. The molecule has 0 saturated carbocycles. The molecule has 1 saturated heterocycles. The lowest BCUT2D eigenvalue weighted by atomic mass is 10.0. The molecule has 162 valence electrons. The van der Waals surface area contributed by atoms with Crippen LogP contribution in [0.1, 0.15) is 46.3 Å². The number of likely N-dealkylation sites (tertiary alicyclic amines) is 1. The number of benzene rings is 1. The quantitative estimate of drug-likeness (QED) is 0.461. The minimum absolute atomic E-state index is 0.0371. The molecule has 32 heavy (non-hydrogen) atoms. The molecule has 6 nitrogen and oxygen atoms in total. The molecule has 0 unspecified atom stereocenters. The van der Waals surface area contributed by atoms with Crippen molar-refractivity contribution < 1.29 is 9.53 Å². The third-order valence-corrected chi connectivity index (χ3v) is 6.15. The SMILES string of the molecule is COc1ccc(-c2cc(C)nc([C@H]3CCCN3C(=O)c3cn4cccc(C)c4n3)c2)cc1. The van der Waals surface area contributed by atoms with E-state index in [0.717, 1.165) is 52.3 Å². The van der Waals surface area contributed by atoms with Crippen molar-refractivity contribution in [2.75, 3.05) is 13.7 Å². The molecule has 3 aromatic heterocycles. The van der Waals surface area contributed by atoms with E-state index >= 15 is 0 Å². The first-order chi connectivity index (χ1) is 15.5. The molecule has 1 aliphatic heterocycles. The van der Waals surface area contributed by atoms with E-state index in [1.165, 1.54) is 0 Å². The average Bonchev–Trinajstić information content (AvgIpc) is 3.46. The summed E-state index contributed by atoms with van der Waals surface area (Å²) in [6.07, 6.45) is 5.61. The molecule has 1 fully saturated rings. The number of fused-ring (bicyclic) bond motifs is 1. The van der Waals surface area contributed by atoms with Crippen molar-refractivity contribution in [3.8, 4) is 16.9 Å². The van der Waals surface area contributed by atoms with E-state index in [-0.39, 0.29) is 11.9 Å². The maximum absolute atomic E-state index is 13.4. The summed E-state index contributed by atoms with van der Waals surface area (Å²) in [5.41, 5.74) is 6.42. The van der Waals surface area contributed by atoms with Gasteiger partial charge in [0, 0.05) is 24.6 Å². The number of aryl methyl sites for hydroxylation is 2. The monoisotopic (exact) mass is 426 g/mol. The second-order valence-corrected chi connectivity index (χ2v) is 8.36. The Morgan fingerprint density at radius 1 is 1.06 bits per heavy atom. The van der Waals surface area contributed by atoms with Gasteiger partial charge in [-0.25, -0.2) is 4.98 Å². The molecular weight excluding hydrogens is 400 g/mol. The number of amides is 1. The first kappa shape index (κ1) is 20.2. The lowest BCUT2D eigenvalue weighted by Gasteiger charge is -2.24. The molecule has 1 atom stereocenters. The van der Waals surface area contributed by atoms with Crippen molar-refractivity contribution >= 4 is 11.6 Å². The summed E-state index contributed by atoms with van der Waals surface area (Å²) >= 11 is 0. The molecule has 0 bridgehead atoms. The van der Waals surface area contributed by atoms with Gasteiger partial charge >= 0.3 is 0 Å². The predicted molar refractivity (Wildman–Crippen MR) is 124 cm³/mol. The van der Waals surface area contributed by atoms with Crippen LogP contribution in [-0.4, -0.2) is 38.8 Å². The fourth-order valence-electron chi connectivity index (χ4n) is 4.54. The van der Waals surface area contributed by atoms with E-state index in [0.29, 0.717) is 12.2 Å². The zero-order chi connectivity index (χ0) is 22.2. The van der Waals surface area contributed by atoms with Gasteiger partial charge in [-0.05, 0) is 73.7 Å². The van der Waals surface area contributed by atoms with Gasteiger partial charge in [-0.3, -0.25) is 9.78 Å². The fraction of sp³-hybridized carbons (Fsp3) is 0.269. The molecule has 4 heterocycles. The number of ether oxygens (including phenoxy) is 1. The molecule has 1 aliphatic rings. The van der Waals surface area contributed by atoms with Crippen LogP contribution in [-0.2, 0) is 0 Å². The van der Waals surface area contributed by atoms with Gasteiger partial charge in [0.2, 0.25) is 0 Å². The van der Waals surface area contributed by atoms with Crippen molar-refractivity contribution in [1.82, 2.24) is 19.3 Å². The van der Waals surface area contributed by atoms with Gasteiger partial charge in [0.05, 0.1) is 18.8 Å². The molecule has 1 aromatic carbocycles. The van der Waals surface area contributed by atoms with Crippen LogP contribution in [0.3, 0.4) is 0 Å². The fourth-order valence-corrected chi connectivity index (χ4v) is 4.54. The molecule has 0 radical (unpaired) electrons. The van der Waals surface area contributed by atoms with Crippen LogP contribution in [0, 0.1) is 13.8 Å². The number of carbonyl (C=O) groups is 1. The van der Waals surface area contributed by atoms with E-state index in [4.69, 9.17) is 9.72 Å². The molecule has 6 heteroatoms. The molecule has 0 spiro atoms. The van der Waals surface area contributed by atoms with Gasteiger partial charge in [-0.2, -0.15) is 0 Å². The summed E-state index contributed by atoms with van der Waals surface area (Å²) in [7, 11) is 1.67. The van der Waals surface area contributed by atoms with Gasteiger partial charge in [0.1, 0.15) is 17.1 Å². The summed E-state index contributed by atoms with van der Waals surface area (Å²) in [4.78, 5) is 24.8. The Bertz CT molecular complexity index is 1290. The highest BCUT2D eigenvalue weighted by molar-refractivity contribution is 5.93. The molecule has 1 amide bonds. The standard InChI is InChI=1S/C26H26N4O2/c1-17-6-4-12-29-16-23(28-25(17)29)26(31)30-13-5-7-24(30)22-15-20(14-18(2)27-22)19-8-10-21(32-3)11-9-19/h4,6,8-12,14-16,24H,5,7,13H2,1-3H3/t24-/m1/s1. The summed E-state index contributed by atoms with van der Waals surface area (Å²) in [6.45, 7) is 4.72. The second kappa shape index (κ2) is 8.11. The molecular formula is C26H26N4O2. The Hall–Kier alpha value is -3.67. The number of carbonyl (C=O) groups excluding carboxylic acids is 1. The second-order valence-electron chi connectivity index (χ2n) is 8.36. The number of hydrogen-bond acceptors (Lipinski definition) is 4. The number of rotatable bonds is 4. The van der Waals surface area contributed by atoms with Crippen LogP contribution in [0.15, 0.2) is 60.9 Å². The third kappa shape index (κ3) is 3.62. The van der Waals surface area contributed by atoms with Crippen molar-refractivity contribution in [1.29, 1.82) is 0 Å². The number of methoxy groups -OCH3 is 1. The normalized spacial score (nSPS) is 16.0. The van der Waals surface area contributed by atoms with Crippen LogP contribution >= 0.6 is 0 Å². The first-order valence-corrected chi connectivity index (χ1v) is 10.9. The van der Waals surface area contributed by atoms with E-state index in [9.17, 15) is 4.79 Å². The van der Waals surface area contributed by atoms with Crippen molar-refractivity contribution in [3.05, 3.63) is 83.6 Å². The Morgan fingerprint density at radius 3 is 2.62 bits per heavy atom. The number of nitrogens with zero attached hydrogens (tertiary/aromatic N) is 4. The van der Waals surface area contributed by atoms with Gasteiger partial charge in [0.15, 0.2) is 0 Å². The minimum Gasteiger partial charge on any atom is -0.497 e. The topological polar surface area (TPSA) is 59.7 Å². The Labute approximate surface area is 187 Å². The Morgan fingerprint density at radius 2 is 1.88 bits per heavy atom. The number of aromatic nitrogens is 3. The summed E-state index contributed by atoms with van der Waals surface area (Å²) in [5, 5.41) is 0. The number of imidazole rings is 1. The van der Waals surface area contributed by atoms with E-state index < -0.39 is 0 Å². The van der Waals surface area contributed by atoms with Crippen LogP contribution in [0.4, 0.5) is 0 Å². The highest BCUT2D eigenvalue weighted by Crippen LogP contribution is 2.34. The highest BCUT2D eigenvalue weighted by Gasteiger charge is 2.33. The average molecular weight is 427 g/mol. The van der Waals surface area contributed by atoms with E-state index in [2.05, 4.69) is 17.1 Å². The van der Waals surface area contributed by atoms with Crippen molar-refractivity contribution in [3.63, 3.8) is 0 Å². The molecule has 0 aliphatic carbocycles. The van der Waals surface area contributed by atoms with E-state index in [1.807, 2.05) is 71.9 Å². The third-order valence-electron chi connectivity index (χ3n) is 6.15. The lowest BCUT2D eigenvalue weighted by Crippen LogP contribution is -2.31. The van der Waals surface area contributed by atoms with Crippen LogP contribution in [0.2, 0.25) is 0 Å². The first-order valence-electron chi connectivity index (χ1n) is 10.9. The smallest absolute Gasteiger partial charge is 0.274 e. The van der Waals surface area contributed by atoms with Crippen molar-refractivity contribution in [2.24, 2.45) is 0 Å². The predicted octanol–water partition coefficient (Wildman–Crippen LogP) is 5.00. The molecule has 5 rings (SSSR count). The van der Waals surface area contributed by atoms with Crippen LogP contribution in [0.25, 0.3) is 16.8 Å². The van der Waals surface area contributed by atoms with Gasteiger partial charge in [0.25, 0.3) is 5.91 Å². The Balaban J connectivity index is 1.47. The van der Waals surface area contributed by atoms with Gasteiger partial charge in [-0.15, -0.1) is 0 Å². The number of hydrogen-bond donors (Lipinski definition) is 0. The maximum atomic E-state index is 13.4. The summed E-state index contributed by atoms with van der Waals surface area (Å²) < 4.78 is 7.20. The Kier molecular flexibility index (Phi) is 5.13. The summed E-state index contributed by atoms with van der Waals surface area (Å²) in [6, 6.07) is 16.1. The molecule has 4 aromatic rings.